The van der Waals surface area contributed by atoms with Gasteiger partial charge in [0, 0.05) is 0 Å². The Labute approximate surface area is 94.8 Å². The molecule has 1 unspecified atom stereocenters. The molecule has 0 radical (unpaired) electrons. The van der Waals surface area contributed by atoms with E-state index in [1.807, 2.05) is 13.8 Å². The van der Waals surface area contributed by atoms with Crippen molar-refractivity contribution in [3.05, 3.63) is 12.2 Å². The number of hydrogen-bond donors (Lipinski definition) is 0. The van der Waals surface area contributed by atoms with Crippen LogP contribution in [-0.2, 0) is 9.22 Å². The first kappa shape index (κ1) is 14.6. The largest absolute Gasteiger partial charge is 0.407 e. The molecule has 0 aliphatic carbocycles. The first-order valence-corrected chi connectivity index (χ1v) is 8.37. The lowest BCUT2D eigenvalue weighted by Crippen LogP contribution is -2.44. The highest BCUT2D eigenvalue weighted by molar-refractivity contribution is 6.74. The summed E-state index contributed by atoms with van der Waals surface area (Å²) in [6.45, 7) is 14.5. The first-order chi connectivity index (χ1) is 6.62. The highest BCUT2D eigenvalue weighted by Crippen LogP contribution is 2.37. The van der Waals surface area contributed by atoms with E-state index in [0.29, 0.717) is 0 Å². The Morgan fingerprint density at radius 3 is 2.13 bits per heavy atom. The maximum absolute atomic E-state index is 11.6. The minimum Gasteiger partial charge on any atom is -0.407 e. The molecule has 0 aromatic heterocycles. The van der Waals surface area contributed by atoms with Crippen molar-refractivity contribution in [3.8, 4) is 0 Å². The molecule has 0 aromatic rings. The Morgan fingerprint density at radius 1 is 1.33 bits per heavy atom. The van der Waals surface area contributed by atoms with Gasteiger partial charge >= 0.3 is 0 Å². The average molecular weight is 228 g/mol. The SMILES string of the molecule is CC=CC(=O)C(C)O[Si](C)(C)C(C)(C)C. The van der Waals surface area contributed by atoms with Crippen LogP contribution in [0.1, 0.15) is 34.6 Å². The van der Waals surface area contributed by atoms with E-state index in [9.17, 15) is 4.79 Å². The van der Waals surface area contributed by atoms with Gasteiger partial charge in [0.1, 0.15) is 6.10 Å². The molecule has 0 rings (SSSR count). The number of carbonyl (C=O) groups is 1. The van der Waals surface area contributed by atoms with Gasteiger partial charge in [-0.3, -0.25) is 4.79 Å². The van der Waals surface area contributed by atoms with E-state index in [0.717, 1.165) is 0 Å². The van der Waals surface area contributed by atoms with Crippen molar-refractivity contribution in [2.75, 3.05) is 0 Å². The summed E-state index contributed by atoms with van der Waals surface area (Å²) in [5, 5.41) is 0.150. The van der Waals surface area contributed by atoms with Crippen molar-refractivity contribution in [2.45, 2.75) is 58.9 Å². The highest BCUT2D eigenvalue weighted by atomic mass is 28.4. The van der Waals surface area contributed by atoms with Crippen molar-refractivity contribution in [2.24, 2.45) is 0 Å². The number of hydrogen-bond acceptors (Lipinski definition) is 2. The van der Waals surface area contributed by atoms with E-state index >= 15 is 0 Å². The minimum atomic E-state index is -1.81. The topological polar surface area (TPSA) is 26.3 Å². The van der Waals surface area contributed by atoms with Crippen LogP contribution in [0.15, 0.2) is 12.2 Å². The Hall–Kier alpha value is -0.413. The second-order valence-corrected chi connectivity index (χ2v) is 10.2. The van der Waals surface area contributed by atoms with E-state index < -0.39 is 8.32 Å². The number of carbonyl (C=O) groups excluding carboxylic acids is 1. The molecule has 0 bridgehead atoms. The molecule has 0 spiro atoms. The van der Waals surface area contributed by atoms with Crippen LogP contribution in [0, 0.1) is 0 Å². The molecule has 15 heavy (non-hydrogen) atoms. The predicted octanol–water partition coefficient (Wildman–Crippen LogP) is 3.54. The van der Waals surface area contributed by atoms with E-state index in [2.05, 4.69) is 33.9 Å². The average Bonchev–Trinajstić information content (AvgIpc) is 2.01. The molecule has 0 amide bonds. The molecular formula is C12H24O2Si. The molecule has 0 saturated carbocycles. The summed E-state index contributed by atoms with van der Waals surface area (Å²) in [7, 11) is -1.81. The van der Waals surface area contributed by atoms with Gasteiger partial charge in [-0.05, 0) is 38.1 Å². The summed E-state index contributed by atoms with van der Waals surface area (Å²) in [6, 6.07) is 0. The third-order valence-electron chi connectivity index (χ3n) is 3.01. The van der Waals surface area contributed by atoms with Gasteiger partial charge in [-0.1, -0.05) is 26.8 Å². The van der Waals surface area contributed by atoms with Crippen LogP contribution in [0.4, 0.5) is 0 Å². The molecule has 0 heterocycles. The zero-order valence-electron chi connectivity index (χ0n) is 11.0. The zero-order chi connectivity index (χ0) is 12.3. The van der Waals surface area contributed by atoms with Crippen molar-refractivity contribution in [1.29, 1.82) is 0 Å². The summed E-state index contributed by atoms with van der Waals surface area (Å²) in [4.78, 5) is 11.6. The monoisotopic (exact) mass is 228 g/mol. The number of allylic oxidation sites excluding steroid dienone is 1. The van der Waals surface area contributed by atoms with Gasteiger partial charge in [-0.15, -0.1) is 0 Å². The second-order valence-electron chi connectivity index (χ2n) is 5.42. The second kappa shape index (κ2) is 5.08. The maximum Gasteiger partial charge on any atom is 0.193 e. The van der Waals surface area contributed by atoms with Gasteiger partial charge in [0.15, 0.2) is 14.1 Å². The predicted molar refractivity (Wildman–Crippen MR) is 67.6 cm³/mol. The summed E-state index contributed by atoms with van der Waals surface area (Å²) >= 11 is 0. The molecule has 88 valence electrons. The highest BCUT2D eigenvalue weighted by Gasteiger charge is 2.39. The van der Waals surface area contributed by atoms with E-state index in [1.54, 1.807) is 12.2 Å². The molecule has 0 aromatic carbocycles. The molecule has 0 aliphatic heterocycles. The molecule has 2 nitrogen and oxygen atoms in total. The van der Waals surface area contributed by atoms with Crippen LogP contribution in [0.3, 0.4) is 0 Å². The Morgan fingerprint density at radius 2 is 1.80 bits per heavy atom. The summed E-state index contributed by atoms with van der Waals surface area (Å²) in [6.07, 6.45) is 3.02. The first-order valence-electron chi connectivity index (χ1n) is 5.46. The van der Waals surface area contributed by atoms with Gasteiger partial charge in [-0.2, -0.15) is 0 Å². The maximum atomic E-state index is 11.6. The summed E-state index contributed by atoms with van der Waals surface area (Å²) < 4.78 is 5.95. The molecule has 0 fully saturated rings. The quantitative estimate of drug-likeness (QED) is 0.543. The number of ketones is 1. The van der Waals surface area contributed by atoms with Crippen molar-refractivity contribution < 1.29 is 9.22 Å². The summed E-state index contributed by atoms with van der Waals surface area (Å²) in [5.74, 6) is 0.0577. The molecule has 0 aliphatic rings. The van der Waals surface area contributed by atoms with Gasteiger partial charge in [0.2, 0.25) is 0 Å². The van der Waals surface area contributed by atoms with E-state index in [4.69, 9.17) is 4.43 Å². The van der Waals surface area contributed by atoms with Crippen molar-refractivity contribution in [3.63, 3.8) is 0 Å². The Kier molecular flexibility index (Phi) is 4.94. The lowest BCUT2D eigenvalue weighted by Gasteiger charge is -2.37. The standard InChI is InChI=1S/C12H24O2Si/c1-8-9-11(13)10(2)14-15(6,7)12(3,4)5/h8-10H,1-7H3. The van der Waals surface area contributed by atoms with Crippen molar-refractivity contribution >= 4 is 14.1 Å². The van der Waals surface area contributed by atoms with E-state index in [-0.39, 0.29) is 16.9 Å². The minimum absolute atomic E-state index is 0.0577. The normalized spacial score (nSPS) is 15.7. The van der Waals surface area contributed by atoms with E-state index in [1.165, 1.54) is 0 Å². The lowest BCUT2D eigenvalue weighted by molar-refractivity contribution is -0.120. The third-order valence-corrected chi connectivity index (χ3v) is 7.56. The van der Waals surface area contributed by atoms with Gasteiger partial charge in [-0.25, -0.2) is 0 Å². The fraction of sp³-hybridized carbons (Fsp3) is 0.750. The van der Waals surface area contributed by atoms with Gasteiger partial charge in [0.05, 0.1) is 0 Å². The fourth-order valence-electron chi connectivity index (χ4n) is 0.977. The Balaban J connectivity index is 4.54. The van der Waals surface area contributed by atoms with Crippen molar-refractivity contribution in [1.82, 2.24) is 0 Å². The third kappa shape index (κ3) is 4.30. The zero-order valence-corrected chi connectivity index (χ0v) is 12.0. The smallest absolute Gasteiger partial charge is 0.193 e. The molecular weight excluding hydrogens is 204 g/mol. The van der Waals surface area contributed by atoms with Crippen LogP contribution in [0.5, 0.6) is 0 Å². The van der Waals surface area contributed by atoms with Crippen LogP contribution in [0.2, 0.25) is 18.1 Å². The van der Waals surface area contributed by atoms with Crippen LogP contribution in [0.25, 0.3) is 0 Å². The van der Waals surface area contributed by atoms with Gasteiger partial charge in [0.25, 0.3) is 0 Å². The van der Waals surface area contributed by atoms with Crippen LogP contribution in [-0.4, -0.2) is 20.2 Å². The number of rotatable bonds is 4. The molecule has 1 atom stereocenters. The van der Waals surface area contributed by atoms with Crippen LogP contribution >= 0.6 is 0 Å². The van der Waals surface area contributed by atoms with Crippen LogP contribution < -0.4 is 0 Å². The molecule has 3 heteroatoms. The fourth-order valence-corrected chi connectivity index (χ4v) is 2.33. The molecule has 0 saturated heterocycles. The Bertz CT molecular complexity index is 249. The molecule has 0 N–H and O–H groups in total. The lowest BCUT2D eigenvalue weighted by atomic mass is 10.2. The summed E-state index contributed by atoms with van der Waals surface area (Å²) in [5.41, 5.74) is 0. The van der Waals surface area contributed by atoms with Gasteiger partial charge < -0.3 is 4.43 Å².